The van der Waals surface area contributed by atoms with Crippen LogP contribution in [-0.4, -0.2) is 66.4 Å². The molecule has 4 rings (SSSR count). The maximum absolute atomic E-state index is 13.1. The highest BCUT2D eigenvalue weighted by molar-refractivity contribution is 5.89. The molecule has 182 valence electrons. The van der Waals surface area contributed by atoms with E-state index in [4.69, 9.17) is 15.9 Å². The second-order valence-corrected chi connectivity index (χ2v) is 8.68. The largest absolute Gasteiger partial charge is 0.481 e. The van der Waals surface area contributed by atoms with Gasteiger partial charge < -0.3 is 24.8 Å². The molecule has 2 unspecified atom stereocenters. The smallest absolute Gasteiger partial charge is 0.407 e. The number of carboxylic acid groups (broad SMARTS) is 1. The fourth-order valence-corrected chi connectivity index (χ4v) is 4.82. The molecule has 0 saturated carbocycles. The Kier molecular flexibility index (Phi) is 7.68. The number of carboxylic acids is 1. The lowest BCUT2D eigenvalue weighted by Gasteiger charge is -2.34. The van der Waals surface area contributed by atoms with Crippen molar-refractivity contribution in [2.24, 2.45) is 0 Å². The van der Waals surface area contributed by atoms with Crippen molar-refractivity contribution in [3.8, 4) is 23.5 Å². The van der Waals surface area contributed by atoms with E-state index >= 15 is 0 Å². The SMILES string of the molecule is C#CCOC1CCCN(C(=O)C(CC(=O)O)NC(=O)OCC2c3ccccc3-c3ccccc32)C1. The fourth-order valence-electron chi connectivity index (χ4n) is 4.82. The summed E-state index contributed by atoms with van der Waals surface area (Å²) in [5.41, 5.74) is 4.32. The standard InChI is InChI=1S/C27H28N2O6/c1-2-14-34-18-8-7-13-29(16-18)26(32)24(15-25(30)31)28-27(33)35-17-23-21-11-5-3-9-19(21)20-10-4-6-12-22(20)23/h1,3-6,9-12,18,23-24H,7-8,13-17H2,(H,28,33)(H,30,31). The minimum absolute atomic E-state index is 0.0690. The normalized spacial score (nSPS) is 17.6. The van der Waals surface area contributed by atoms with Crippen molar-refractivity contribution in [3.05, 3.63) is 59.7 Å². The lowest BCUT2D eigenvalue weighted by molar-refractivity contribution is -0.144. The zero-order valence-electron chi connectivity index (χ0n) is 19.3. The number of ether oxygens (including phenoxy) is 2. The van der Waals surface area contributed by atoms with Crippen LogP contribution in [0, 0.1) is 12.3 Å². The molecule has 1 aliphatic heterocycles. The molecule has 2 N–H and O–H groups in total. The molecule has 1 saturated heterocycles. The molecule has 2 atom stereocenters. The van der Waals surface area contributed by atoms with Crippen molar-refractivity contribution in [2.75, 3.05) is 26.3 Å². The maximum Gasteiger partial charge on any atom is 0.407 e. The number of hydrogen-bond acceptors (Lipinski definition) is 5. The van der Waals surface area contributed by atoms with Crippen LogP contribution in [-0.2, 0) is 19.1 Å². The number of nitrogens with zero attached hydrogens (tertiary/aromatic N) is 1. The summed E-state index contributed by atoms with van der Waals surface area (Å²) in [7, 11) is 0. The van der Waals surface area contributed by atoms with E-state index in [1.807, 2.05) is 48.5 Å². The van der Waals surface area contributed by atoms with Gasteiger partial charge in [-0.25, -0.2) is 4.79 Å². The Balaban J connectivity index is 1.40. The Hall–Kier alpha value is -3.83. The zero-order chi connectivity index (χ0) is 24.8. The maximum atomic E-state index is 13.1. The second kappa shape index (κ2) is 11.1. The third-order valence-corrected chi connectivity index (χ3v) is 6.40. The summed E-state index contributed by atoms with van der Waals surface area (Å²) < 4.78 is 11.1. The Labute approximate surface area is 204 Å². The van der Waals surface area contributed by atoms with Crippen LogP contribution in [0.1, 0.15) is 36.3 Å². The van der Waals surface area contributed by atoms with Gasteiger partial charge in [0.1, 0.15) is 19.3 Å². The summed E-state index contributed by atoms with van der Waals surface area (Å²) in [5, 5.41) is 11.8. The fraction of sp³-hybridized carbons (Fsp3) is 0.370. The van der Waals surface area contributed by atoms with E-state index in [9.17, 15) is 19.5 Å². The van der Waals surface area contributed by atoms with Crippen molar-refractivity contribution < 1.29 is 29.0 Å². The third-order valence-electron chi connectivity index (χ3n) is 6.40. The number of rotatable bonds is 8. The van der Waals surface area contributed by atoms with Gasteiger partial charge in [-0.2, -0.15) is 0 Å². The lowest BCUT2D eigenvalue weighted by atomic mass is 9.98. The number of fused-ring (bicyclic) bond motifs is 3. The minimum Gasteiger partial charge on any atom is -0.481 e. The number of terminal acetylenes is 1. The van der Waals surface area contributed by atoms with Gasteiger partial charge in [0.2, 0.25) is 5.91 Å². The molecule has 0 radical (unpaired) electrons. The number of carbonyl (C=O) groups is 3. The molecule has 0 aromatic heterocycles. The van der Waals surface area contributed by atoms with E-state index in [0.29, 0.717) is 19.5 Å². The second-order valence-electron chi connectivity index (χ2n) is 8.68. The van der Waals surface area contributed by atoms with Crippen LogP contribution in [0.15, 0.2) is 48.5 Å². The molecule has 0 spiro atoms. The van der Waals surface area contributed by atoms with Crippen LogP contribution < -0.4 is 5.32 Å². The van der Waals surface area contributed by atoms with E-state index in [-0.39, 0.29) is 25.2 Å². The molecular weight excluding hydrogens is 448 g/mol. The van der Waals surface area contributed by atoms with Crippen LogP contribution in [0.3, 0.4) is 0 Å². The number of aliphatic carboxylic acids is 1. The first-order chi connectivity index (χ1) is 17.0. The zero-order valence-corrected chi connectivity index (χ0v) is 19.3. The van der Waals surface area contributed by atoms with Crippen molar-refractivity contribution in [3.63, 3.8) is 0 Å². The van der Waals surface area contributed by atoms with Crippen molar-refractivity contribution in [1.82, 2.24) is 10.2 Å². The van der Waals surface area contributed by atoms with Crippen molar-refractivity contribution in [1.29, 1.82) is 0 Å². The molecular formula is C27H28N2O6. The van der Waals surface area contributed by atoms with Crippen LogP contribution in [0.5, 0.6) is 0 Å². The highest BCUT2D eigenvalue weighted by Gasteiger charge is 2.33. The van der Waals surface area contributed by atoms with E-state index in [1.165, 1.54) is 4.90 Å². The molecule has 8 nitrogen and oxygen atoms in total. The summed E-state index contributed by atoms with van der Waals surface area (Å²) in [4.78, 5) is 38.7. The van der Waals surface area contributed by atoms with E-state index < -0.39 is 30.4 Å². The first-order valence-corrected chi connectivity index (χ1v) is 11.6. The molecule has 2 amide bonds. The predicted molar refractivity (Wildman–Crippen MR) is 129 cm³/mol. The van der Waals surface area contributed by atoms with Gasteiger partial charge in [-0.15, -0.1) is 6.42 Å². The summed E-state index contributed by atoms with van der Waals surface area (Å²) in [6.45, 7) is 0.961. The first-order valence-electron chi connectivity index (χ1n) is 11.6. The van der Waals surface area contributed by atoms with E-state index in [0.717, 1.165) is 28.7 Å². The number of likely N-dealkylation sites (tertiary alicyclic amines) is 1. The highest BCUT2D eigenvalue weighted by atomic mass is 16.5. The van der Waals surface area contributed by atoms with Crippen LogP contribution in [0.25, 0.3) is 11.1 Å². The topological polar surface area (TPSA) is 105 Å². The lowest BCUT2D eigenvalue weighted by Crippen LogP contribution is -2.53. The molecule has 2 aromatic rings. The number of amides is 2. The van der Waals surface area contributed by atoms with Crippen LogP contribution in [0.2, 0.25) is 0 Å². The summed E-state index contributed by atoms with van der Waals surface area (Å²) >= 11 is 0. The first kappa shape index (κ1) is 24.3. The number of hydrogen-bond donors (Lipinski definition) is 2. The van der Waals surface area contributed by atoms with E-state index in [2.05, 4.69) is 11.2 Å². The molecule has 8 heteroatoms. The van der Waals surface area contributed by atoms with Gasteiger partial charge in [-0.3, -0.25) is 9.59 Å². The molecule has 1 heterocycles. The van der Waals surface area contributed by atoms with Gasteiger partial charge in [0.15, 0.2) is 0 Å². The number of carbonyl (C=O) groups excluding carboxylic acids is 2. The van der Waals surface area contributed by atoms with E-state index in [1.54, 1.807) is 0 Å². The molecule has 1 aliphatic carbocycles. The summed E-state index contributed by atoms with van der Waals surface area (Å²) in [6, 6.07) is 14.7. The Morgan fingerprint density at radius 2 is 1.77 bits per heavy atom. The van der Waals surface area contributed by atoms with Gasteiger partial charge in [-0.1, -0.05) is 54.5 Å². The molecule has 2 aromatic carbocycles. The highest BCUT2D eigenvalue weighted by Crippen LogP contribution is 2.44. The van der Waals surface area contributed by atoms with Gasteiger partial charge in [-0.05, 0) is 35.1 Å². The Morgan fingerprint density at radius 1 is 1.11 bits per heavy atom. The predicted octanol–water partition coefficient (Wildman–Crippen LogP) is 3.01. The van der Waals surface area contributed by atoms with Crippen molar-refractivity contribution in [2.45, 2.75) is 37.3 Å². The van der Waals surface area contributed by atoms with Crippen LogP contribution >= 0.6 is 0 Å². The Bertz CT molecular complexity index is 1090. The molecule has 35 heavy (non-hydrogen) atoms. The number of alkyl carbamates (subject to hydrolysis) is 1. The number of piperidine rings is 1. The summed E-state index contributed by atoms with van der Waals surface area (Å²) in [6.07, 6.45) is 5.11. The molecule has 2 aliphatic rings. The summed E-state index contributed by atoms with van der Waals surface area (Å²) in [5.74, 6) is 0.594. The van der Waals surface area contributed by atoms with Crippen molar-refractivity contribution >= 4 is 18.0 Å². The van der Waals surface area contributed by atoms with Crippen LogP contribution in [0.4, 0.5) is 4.79 Å². The third kappa shape index (κ3) is 5.64. The molecule has 1 fully saturated rings. The van der Waals surface area contributed by atoms with Gasteiger partial charge in [0, 0.05) is 19.0 Å². The number of benzene rings is 2. The minimum atomic E-state index is -1.24. The average Bonchev–Trinajstić information content (AvgIpc) is 3.19. The average molecular weight is 477 g/mol. The number of nitrogens with one attached hydrogen (secondary N) is 1. The Morgan fingerprint density at radius 3 is 2.40 bits per heavy atom. The van der Waals surface area contributed by atoms with Gasteiger partial charge in [0.05, 0.1) is 12.5 Å². The van der Waals surface area contributed by atoms with Gasteiger partial charge in [0.25, 0.3) is 0 Å². The quantitative estimate of drug-likeness (QED) is 0.568. The molecule has 0 bridgehead atoms. The van der Waals surface area contributed by atoms with Gasteiger partial charge >= 0.3 is 12.1 Å². The monoisotopic (exact) mass is 476 g/mol.